The third-order valence-corrected chi connectivity index (χ3v) is 0.895. The van der Waals surface area contributed by atoms with E-state index in [1.54, 1.807) is 0 Å². The summed E-state index contributed by atoms with van der Waals surface area (Å²) in [5, 5.41) is 17.4. The summed E-state index contributed by atoms with van der Waals surface area (Å²) >= 11 is 0. The first-order valence-electron chi connectivity index (χ1n) is 4.34. The van der Waals surface area contributed by atoms with E-state index in [1.165, 1.54) is 7.05 Å². The number of nitrogens with zero attached hydrogens (tertiary/aromatic N) is 1. The van der Waals surface area contributed by atoms with Crippen LogP contribution in [-0.2, 0) is 4.79 Å². The van der Waals surface area contributed by atoms with E-state index >= 15 is 0 Å². The van der Waals surface area contributed by atoms with Crippen LogP contribution in [0.4, 0.5) is 0 Å². The maximum atomic E-state index is 10.1. The van der Waals surface area contributed by atoms with E-state index in [0.717, 1.165) is 4.90 Å². The maximum Gasteiger partial charge on any atom is 0.306 e. The molecule has 4 heteroatoms. The summed E-state index contributed by atoms with van der Waals surface area (Å²) in [5.41, 5.74) is 0. The van der Waals surface area contributed by atoms with E-state index in [9.17, 15) is 4.79 Å². The highest BCUT2D eigenvalue weighted by atomic mass is 16.4. The van der Waals surface area contributed by atoms with Crippen molar-refractivity contribution in [1.82, 2.24) is 4.90 Å². The van der Waals surface area contributed by atoms with Crippen LogP contribution in [-0.4, -0.2) is 47.8 Å². The van der Waals surface area contributed by atoms with Crippen LogP contribution >= 0.6 is 0 Å². The number of carboxylic acids is 1. The lowest BCUT2D eigenvalue weighted by atomic mass is 10.2. The molecule has 0 unspecified atom stereocenters. The molecule has 60 valence electrons. The first kappa shape index (κ1) is 5.09. The molecule has 0 aromatic rings. The summed E-state index contributed by atoms with van der Waals surface area (Å²) in [7, 11) is 1.30. The molecule has 4 nitrogen and oxygen atoms in total. The molecule has 0 saturated carbocycles. The number of carboxylic acid groups (broad SMARTS) is 1. The lowest BCUT2D eigenvalue weighted by Crippen LogP contribution is -2.27. The largest absolute Gasteiger partial charge is 0.481 e. The molecule has 0 radical (unpaired) electrons. The first-order valence-corrected chi connectivity index (χ1v) is 2.84. The average molecular weight is 150 g/mol. The summed E-state index contributed by atoms with van der Waals surface area (Å²) < 4.78 is 20.7. The minimum atomic E-state index is -2.29. The van der Waals surface area contributed by atoms with Gasteiger partial charge in [0.15, 0.2) is 0 Å². The third kappa shape index (κ3) is 5.53. The van der Waals surface area contributed by atoms with Gasteiger partial charge in [0.2, 0.25) is 0 Å². The first-order chi connectivity index (χ1) is 5.73. The van der Waals surface area contributed by atoms with Gasteiger partial charge < -0.3 is 15.1 Å². The van der Waals surface area contributed by atoms with Gasteiger partial charge in [-0.15, -0.1) is 0 Å². The number of carbonyl (C=O) groups is 1. The van der Waals surface area contributed by atoms with Crippen LogP contribution in [0, 0.1) is 0 Å². The highest BCUT2D eigenvalue weighted by Gasteiger charge is 2.09. The fourth-order valence-electron chi connectivity index (χ4n) is 0.582. The SMILES string of the molecule is [2H]C([2H])([2H])N(C)C[C@@H](O)CC(=O)O. The highest BCUT2D eigenvalue weighted by molar-refractivity contribution is 5.67. The van der Waals surface area contributed by atoms with Crippen LogP contribution in [0.3, 0.4) is 0 Å². The van der Waals surface area contributed by atoms with E-state index in [4.69, 9.17) is 14.3 Å². The predicted octanol–water partition coefficient (Wildman–Crippen LogP) is -0.616. The molecule has 1 atom stereocenters. The Labute approximate surface area is 64.3 Å². The lowest BCUT2D eigenvalue weighted by molar-refractivity contribution is -0.139. The van der Waals surface area contributed by atoms with Gasteiger partial charge in [-0.05, 0) is 14.0 Å². The predicted molar refractivity (Wildman–Crippen MR) is 36.8 cm³/mol. The Morgan fingerprint density at radius 2 is 2.50 bits per heavy atom. The van der Waals surface area contributed by atoms with Crippen molar-refractivity contribution in [2.45, 2.75) is 12.5 Å². The zero-order valence-electron chi connectivity index (χ0n) is 8.74. The molecule has 0 saturated heterocycles. The van der Waals surface area contributed by atoms with Crippen molar-refractivity contribution in [3.05, 3.63) is 0 Å². The van der Waals surface area contributed by atoms with Crippen LogP contribution in [0.2, 0.25) is 0 Å². The quantitative estimate of drug-likeness (QED) is 0.561. The van der Waals surface area contributed by atoms with Gasteiger partial charge >= 0.3 is 5.97 Å². The Morgan fingerprint density at radius 3 is 2.90 bits per heavy atom. The monoisotopic (exact) mass is 150 g/mol. The Hall–Kier alpha value is -0.610. The topological polar surface area (TPSA) is 60.8 Å². The van der Waals surface area contributed by atoms with Crippen molar-refractivity contribution < 1.29 is 19.1 Å². The molecular formula is C6H13NO3. The average Bonchev–Trinajstić information content (AvgIpc) is 1.82. The van der Waals surface area contributed by atoms with Crippen LogP contribution in [0.5, 0.6) is 0 Å². The molecule has 2 N–H and O–H groups in total. The summed E-state index contributed by atoms with van der Waals surface area (Å²) in [4.78, 5) is 11.1. The fourth-order valence-corrected chi connectivity index (χ4v) is 0.582. The van der Waals surface area contributed by atoms with E-state index in [2.05, 4.69) is 0 Å². The van der Waals surface area contributed by atoms with Crippen LogP contribution in [0.25, 0.3) is 0 Å². The minimum Gasteiger partial charge on any atom is -0.481 e. The van der Waals surface area contributed by atoms with Gasteiger partial charge in [0.05, 0.1) is 12.5 Å². The van der Waals surface area contributed by atoms with Crippen molar-refractivity contribution in [1.29, 1.82) is 0 Å². The molecule has 0 bridgehead atoms. The van der Waals surface area contributed by atoms with Gasteiger partial charge in [-0.1, -0.05) is 0 Å². The summed E-state index contributed by atoms with van der Waals surface area (Å²) in [6.07, 6.45) is -1.59. The van der Waals surface area contributed by atoms with Crippen LogP contribution < -0.4 is 0 Å². The van der Waals surface area contributed by atoms with E-state index < -0.39 is 25.5 Å². The second kappa shape index (κ2) is 4.24. The van der Waals surface area contributed by atoms with E-state index in [0.29, 0.717) is 0 Å². The molecular weight excluding hydrogens is 134 g/mol. The highest BCUT2D eigenvalue weighted by Crippen LogP contribution is 1.92. The number of hydrogen-bond donors (Lipinski definition) is 2. The standard InChI is InChI=1S/C6H13NO3/c1-7(2)4-5(8)3-6(9)10/h5,8H,3-4H2,1-2H3,(H,9,10)/t5-/m0/s1/i1D3. The van der Waals surface area contributed by atoms with Crippen molar-refractivity contribution in [3.8, 4) is 0 Å². The molecule has 10 heavy (non-hydrogen) atoms. The molecule has 0 amide bonds. The number of aliphatic hydroxyl groups is 1. The second-order valence-corrected chi connectivity index (χ2v) is 2.13. The normalized spacial score (nSPS) is 19.3. The summed E-state index contributed by atoms with van der Waals surface area (Å²) in [5.74, 6) is -1.15. The van der Waals surface area contributed by atoms with E-state index in [-0.39, 0.29) is 6.54 Å². The van der Waals surface area contributed by atoms with Gasteiger partial charge in [-0.25, -0.2) is 0 Å². The molecule has 0 rings (SSSR count). The van der Waals surface area contributed by atoms with Crippen molar-refractivity contribution in [3.63, 3.8) is 0 Å². The van der Waals surface area contributed by atoms with Crippen LogP contribution in [0.1, 0.15) is 10.5 Å². The Bertz CT molecular complexity index is 182. The van der Waals surface area contributed by atoms with Crippen LogP contribution in [0.15, 0.2) is 0 Å². The molecule has 0 aliphatic rings. The Kier molecular flexibility index (Phi) is 2.16. The smallest absolute Gasteiger partial charge is 0.306 e. The van der Waals surface area contributed by atoms with Gasteiger partial charge in [0.1, 0.15) is 0 Å². The van der Waals surface area contributed by atoms with Crippen molar-refractivity contribution in [2.75, 3.05) is 20.6 Å². The van der Waals surface area contributed by atoms with E-state index in [1.807, 2.05) is 0 Å². The van der Waals surface area contributed by atoms with Gasteiger partial charge in [-0.3, -0.25) is 4.79 Å². The fraction of sp³-hybridized carbons (Fsp3) is 0.833. The number of hydrogen-bond acceptors (Lipinski definition) is 3. The van der Waals surface area contributed by atoms with Gasteiger partial charge in [0, 0.05) is 10.7 Å². The lowest BCUT2D eigenvalue weighted by Gasteiger charge is -2.13. The molecule has 0 aromatic heterocycles. The zero-order chi connectivity index (χ0) is 10.6. The Balaban J connectivity index is 3.92. The van der Waals surface area contributed by atoms with Crippen molar-refractivity contribution in [2.24, 2.45) is 0 Å². The summed E-state index contributed by atoms with van der Waals surface area (Å²) in [6, 6.07) is 0. The van der Waals surface area contributed by atoms with Crippen molar-refractivity contribution >= 4 is 5.97 Å². The molecule has 0 spiro atoms. The zero-order valence-corrected chi connectivity index (χ0v) is 5.74. The Morgan fingerprint density at radius 1 is 1.90 bits per heavy atom. The molecule has 0 aromatic carbocycles. The third-order valence-electron chi connectivity index (χ3n) is 0.895. The maximum absolute atomic E-state index is 10.1. The summed E-state index contributed by atoms with van der Waals surface area (Å²) in [6.45, 7) is -2.47. The molecule has 0 aliphatic heterocycles. The molecule has 0 aliphatic carbocycles. The number of aliphatic carboxylic acids is 1. The van der Waals surface area contributed by atoms with Gasteiger partial charge in [0.25, 0.3) is 0 Å². The molecule has 0 heterocycles. The second-order valence-electron chi connectivity index (χ2n) is 2.13. The number of aliphatic hydroxyl groups excluding tert-OH is 1. The molecule has 0 fully saturated rings. The van der Waals surface area contributed by atoms with Gasteiger partial charge in [-0.2, -0.15) is 0 Å². The number of likely N-dealkylation sites (N-methyl/N-ethyl adjacent to an activating group) is 1. The number of rotatable bonds is 4. The minimum absolute atomic E-state index is 0.178.